The monoisotopic (exact) mass is 186 g/mol. The molecule has 2 rings (SSSR count). The van der Waals surface area contributed by atoms with Crippen molar-refractivity contribution in [2.24, 2.45) is 0 Å². The summed E-state index contributed by atoms with van der Waals surface area (Å²) in [5.74, 6) is 0. The smallest absolute Gasteiger partial charge is 0.110 e. The van der Waals surface area contributed by atoms with Crippen molar-refractivity contribution in [3.63, 3.8) is 0 Å². The van der Waals surface area contributed by atoms with Crippen LogP contribution in [0.3, 0.4) is 0 Å². The molecule has 1 N–H and O–H groups in total. The third-order valence-electron chi connectivity index (χ3n) is 3.55. The fourth-order valence-electron chi connectivity index (χ4n) is 2.79. The first-order valence-corrected chi connectivity index (χ1v) is 5.28. The molecule has 4 atom stereocenters. The molecular formula is C10H19FN2. The van der Waals surface area contributed by atoms with Gasteiger partial charge in [0.1, 0.15) is 6.17 Å². The Morgan fingerprint density at radius 3 is 2.77 bits per heavy atom. The van der Waals surface area contributed by atoms with E-state index in [9.17, 15) is 4.39 Å². The molecular weight excluding hydrogens is 167 g/mol. The third-order valence-corrected chi connectivity index (χ3v) is 3.55. The van der Waals surface area contributed by atoms with E-state index >= 15 is 0 Å². The van der Waals surface area contributed by atoms with E-state index in [0.717, 1.165) is 6.04 Å². The van der Waals surface area contributed by atoms with Crippen LogP contribution in [0.1, 0.15) is 26.2 Å². The zero-order valence-electron chi connectivity index (χ0n) is 8.46. The summed E-state index contributed by atoms with van der Waals surface area (Å²) in [5, 5.41) is 3.33. The highest BCUT2D eigenvalue weighted by Gasteiger charge is 2.43. The zero-order chi connectivity index (χ0) is 9.42. The molecule has 76 valence electrons. The Bertz CT molecular complexity index is 184. The lowest BCUT2D eigenvalue weighted by molar-refractivity contribution is 0.279. The van der Waals surface area contributed by atoms with E-state index in [0.29, 0.717) is 18.6 Å². The molecule has 2 heterocycles. The Kier molecular flexibility index (Phi) is 2.56. The zero-order valence-corrected chi connectivity index (χ0v) is 8.46. The molecule has 0 aliphatic carbocycles. The summed E-state index contributed by atoms with van der Waals surface area (Å²) in [6.45, 7) is 2.13. The van der Waals surface area contributed by atoms with Gasteiger partial charge in [0.05, 0.1) is 0 Å². The lowest BCUT2D eigenvalue weighted by atomic mass is 9.95. The van der Waals surface area contributed by atoms with E-state index < -0.39 is 6.17 Å². The van der Waals surface area contributed by atoms with Crippen molar-refractivity contribution in [3.8, 4) is 0 Å². The summed E-state index contributed by atoms with van der Waals surface area (Å²) in [6.07, 6.45) is 3.13. The highest BCUT2D eigenvalue weighted by molar-refractivity contribution is 5.02. The van der Waals surface area contributed by atoms with Gasteiger partial charge in [-0.05, 0) is 33.2 Å². The van der Waals surface area contributed by atoms with Crippen molar-refractivity contribution in [3.05, 3.63) is 0 Å². The predicted octanol–water partition coefficient (Wildman–Crippen LogP) is 1.17. The number of fused-ring (bicyclic) bond motifs is 2. The van der Waals surface area contributed by atoms with E-state index in [1.165, 1.54) is 19.3 Å². The van der Waals surface area contributed by atoms with Gasteiger partial charge in [-0.2, -0.15) is 0 Å². The first-order chi connectivity index (χ1) is 6.18. The minimum Gasteiger partial charge on any atom is -0.309 e. The van der Waals surface area contributed by atoms with Crippen LogP contribution in [0.4, 0.5) is 4.39 Å². The van der Waals surface area contributed by atoms with Gasteiger partial charge in [-0.1, -0.05) is 0 Å². The van der Waals surface area contributed by atoms with Crippen LogP contribution < -0.4 is 5.32 Å². The van der Waals surface area contributed by atoms with Gasteiger partial charge >= 0.3 is 0 Å². The lowest BCUT2D eigenvalue weighted by Crippen LogP contribution is -2.42. The minimum absolute atomic E-state index is 0.516. The largest absolute Gasteiger partial charge is 0.309 e. The summed E-state index contributed by atoms with van der Waals surface area (Å²) in [5.41, 5.74) is 0. The number of nitrogens with one attached hydrogen (secondary N) is 1. The minimum atomic E-state index is -0.718. The predicted molar refractivity (Wildman–Crippen MR) is 51.6 cm³/mol. The van der Waals surface area contributed by atoms with E-state index in [2.05, 4.69) is 17.3 Å². The summed E-state index contributed by atoms with van der Waals surface area (Å²) in [7, 11) is 2.20. The quantitative estimate of drug-likeness (QED) is 0.711. The standard InChI is InChI=1S/C10H19FN2/c1-7(11)6-12-9-5-8-3-4-10(9)13(8)2/h7-10,12H,3-6H2,1-2H3/t7?,8-,9?,10+/m1/s1. The lowest BCUT2D eigenvalue weighted by Gasteiger charge is -2.23. The summed E-state index contributed by atoms with van der Waals surface area (Å²) in [6, 6.07) is 1.98. The molecule has 13 heavy (non-hydrogen) atoms. The first kappa shape index (κ1) is 9.41. The average Bonchev–Trinajstić information content (AvgIpc) is 2.58. The fourth-order valence-corrected chi connectivity index (χ4v) is 2.79. The molecule has 2 unspecified atom stereocenters. The van der Waals surface area contributed by atoms with Crippen molar-refractivity contribution in [2.45, 2.75) is 50.5 Å². The molecule has 0 spiro atoms. The van der Waals surface area contributed by atoms with Crippen LogP contribution in [0, 0.1) is 0 Å². The SMILES string of the molecule is CC(F)CNC1C[C@H]2CC[C@@H]1N2C. The highest BCUT2D eigenvalue weighted by Crippen LogP contribution is 2.35. The maximum atomic E-state index is 12.6. The Morgan fingerprint density at radius 1 is 1.54 bits per heavy atom. The summed E-state index contributed by atoms with van der Waals surface area (Å²) >= 11 is 0. The van der Waals surface area contributed by atoms with Crippen LogP contribution in [0.15, 0.2) is 0 Å². The van der Waals surface area contributed by atoms with E-state index in [1.54, 1.807) is 6.92 Å². The van der Waals surface area contributed by atoms with E-state index in [1.807, 2.05) is 0 Å². The molecule has 0 aromatic rings. The number of likely N-dealkylation sites (N-methyl/N-ethyl adjacent to an activating group) is 1. The van der Waals surface area contributed by atoms with Crippen molar-refractivity contribution in [2.75, 3.05) is 13.6 Å². The Labute approximate surface area is 79.5 Å². The van der Waals surface area contributed by atoms with Gasteiger partial charge in [-0.15, -0.1) is 0 Å². The molecule has 0 amide bonds. The number of rotatable bonds is 3. The topological polar surface area (TPSA) is 15.3 Å². The molecule has 2 bridgehead atoms. The Morgan fingerprint density at radius 2 is 2.31 bits per heavy atom. The van der Waals surface area contributed by atoms with Gasteiger partial charge in [0.15, 0.2) is 0 Å². The van der Waals surface area contributed by atoms with Crippen LogP contribution in [-0.2, 0) is 0 Å². The molecule has 0 aromatic heterocycles. The molecule has 2 saturated heterocycles. The van der Waals surface area contributed by atoms with Crippen molar-refractivity contribution >= 4 is 0 Å². The number of alkyl halides is 1. The van der Waals surface area contributed by atoms with Crippen molar-refractivity contribution < 1.29 is 4.39 Å². The van der Waals surface area contributed by atoms with Crippen LogP contribution >= 0.6 is 0 Å². The number of hydrogen-bond acceptors (Lipinski definition) is 2. The molecule has 0 radical (unpaired) electrons. The molecule has 2 aliphatic heterocycles. The summed E-state index contributed by atoms with van der Waals surface area (Å²) in [4.78, 5) is 2.46. The van der Waals surface area contributed by atoms with Gasteiger partial charge in [0.25, 0.3) is 0 Å². The molecule has 3 heteroatoms. The first-order valence-electron chi connectivity index (χ1n) is 5.28. The van der Waals surface area contributed by atoms with E-state index in [-0.39, 0.29) is 0 Å². The molecule has 2 aliphatic rings. The van der Waals surface area contributed by atoms with Gasteiger partial charge < -0.3 is 5.32 Å². The molecule has 2 fully saturated rings. The summed E-state index contributed by atoms with van der Waals surface area (Å²) < 4.78 is 12.6. The van der Waals surface area contributed by atoms with Gasteiger partial charge in [0.2, 0.25) is 0 Å². The molecule has 0 aromatic carbocycles. The fraction of sp³-hybridized carbons (Fsp3) is 1.00. The second kappa shape index (κ2) is 3.54. The average molecular weight is 186 g/mol. The van der Waals surface area contributed by atoms with Crippen LogP contribution in [0.25, 0.3) is 0 Å². The number of nitrogens with zero attached hydrogens (tertiary/aromatic N) is 1. The van der Waals surface area contributed by atoms with Crippen molar-refractivity contribution in [1.29, 1.82) is 0 Å². The maximum absolute atomic E-state index is 12.6. The van der Waals surface area contributed by atoms with E-state index in [4.69, 9.17) is 0 Å². The van der Waals surface area contributed by atoms with Crippen LogP contribution in [0.5, 0.6) is 0 Å². The molecule has 2 nitrogen and oxygen atoms in total. The highest BCUT2D eigenvalue weighted by atomic mass is 19.1. The second-order valence-corrected chi connectivity index (χ2v) is 4.50. The van der Waals surface area contributed by atoms with Crippen LogP contribution in [-0.4, -0.2) is 42.8 Å². The Hall–Kier alpha value is -0.150. The number of hydrogen-bond donors (Lipinski definition) is 1. The second-order valence-electron chi connectivity index (χ2n) is 4.50. The van der Waals surface area contributed by atoms with Gasteiger partial charge in [-0.25, -0.2) is 4.39 Å². The van der Waals surface area contributed by atoms with Gasteiger partial charge in [-0.3, -0.25) is 4.90 Å². The normalized spacial score (nSPS) is 41.3. The van der Waals surface area contributed by atoms with Gasteiger partial charge in [0, 0.05) is 24.7 Å². The molecule has 0 saturated carbocycles. The van der Waals surface area contributed by atoms with Crippen LogP contribution in [0.2, 0.25) is 0 Å². The van der Waals surface area contributed by atoms with Crippen molar-refractivity contribution in [1.82, 2.24) is 10.2 Å². The maximum Gasteiger partial charge on any atom is 0.110 e. The number of halogens is 1. The third kappa shape index (κ3) is 1.72. The Balaban J connectivity index is 1.83.